The number of hydrogen-bond acceptors (Lipinski definition) is 8. The van der Waals surface area contributed by atoms with Gasteiger partial charge in [0, 0.05) is 0 Å². The Bertz CT molecular complexity index is 174. The smallest absolute Gasteiger partial charge is 0.450 e. The average molecular weight is 251 g/mol. The van der Waals surface area contributed by atoms with Crippen molar-refractivity contribution in [2.75, 3.05) is 13.2 Å². The van der Waals surface area contributed by atoms with E-state index in [1.165, 1.54) is 0 Å². The number of hydrogen-bond donors (Lipinski definition) is 3. The van der Waals surface area contributed by atoms with Crippen molar-refractivity contribution in [3.05, 3.63) is 0 Å². The van der Waals surface area contributed by atoms with E-state index in [9.17, 15) is 9.59 Å². The zero-order valence-corrected chi connectivity index (χ0v) is 7.75. The van der Waals surface area contributed by atoms with Crippen LogP contribution in [-0.2, 0) is 9.47 Å². The average Bonchev–Trinajstić information content (AvgIpc) is 1.94. The topological polar surface area (TPSA) is 182 Å². The van der Waals surface area contributed by atoms with Gasteiger partial charge in [-0.05, 0) is 0 Å². The molecule has 0 aromatic carbocycles. The molecule has 0 heterocycles. The highest BCUT2D eigenvalue weighted by Gasteiger charge is 1.99. The Labute approximate surface area is 84.6 Å². The van der Waals surface area contributed by atoms with Crippen LogP contribution < -0.4 is 14.0 Å². The SMILES string of the molecule is O=C(O)OCCOC(=O)O.[O-][Cl+3]([O-])([O-])O. The molecule has 0 aliphatic heterocycles. The summed E-state index contributed by atoms with van der Waals surface area (Å²) in [5.74, 6) is 0. The van der Waals surface area contributed by atoms with Crippen LogP contribution in [0.2, 0.25) is 0 Å². The molecule has 10 nitrogen and oxygen atoms in total. The number of carboxylic acid groups (broad SMARTS) is 2. The fraction of sp³-hybridized carbons (Fsp3) is 0.500. The summed E-state index contributed by atoms with van der Waals surface area (Å²) in [5.41, 5.74) is 0. The lowest BCUT2D eigenvalue weighted by Gasteiger charge is -2.03. The summed E-state index contributed by atoms with van der Waals surface area (Å²) in [4.78, 5) is 19.2. The third kappa shape index (κ3) is 44.9. The van der Waals surface area contributed by atoms with E-state index in [0.29, 0.717) is 0 Å². The minimum absolute atomic E-state index is 0.276. The van der Waals surface area contributed by atoms with Crippen LogP contribution in [0.1, 0.15) is 0 Å². The van der Waals surface area contributed by atoms with Crippen molar-refractivity contribution in [1.82, 2.24) is 0 Å². The second-order valence-corrected chi connectivity index (χ2v) is 2.42. The largest absolute Gasteiger partial charge is 0.505 e. The van der Waals surface area contributed by atoms with E-state index >= 15 is 0 Å². The summed E-state index contributed by atoms with van der Waals surface area (Å²) in [6.07, 6.45) is -2.90. The van der Waals surface area contributed by atoms with Gasteiger partial charge in [0.2, 0.25) is 0 Å². The summed E-state index contributed by atoms with van der Waals surface area (Å²) < 4.78 is 40.6. The number of halogens is 1. The van der Waals surface area contributed by atoms with E-state index in [1.807, 2.05) is 0 Å². The normalized spacial score (nSPS) is 9.60. The van der Waals surface area contributed by atoms with Crippen LogP contribution in [0.4, 0.5) is 9.59 Å². The molecule has 90 valence electrons. The monoisotopic (exact) mass is 250 g/mol. The predicted molar refractivity (Wildman–Crippen MR) is 30.2 cm³/mol. The molecule has 0 saturated carbocycles. The third-order valence-electron chi connectivity index (χ3n) is 0.534. The van der Waals surface area contributed by atoms with Gasteiger partial charge in [-0.1, -0.05) is 0 Å². The summed E-state index contributed by atoms with van der Waals surface area (Å²) in [6, 6.07) is 0. The minimum Gasteiger partial charge on any atom is -0.450 e. The molecule has 0 aliphatic rings. The lowest BCUT2D eigenvalue weighted by Crippen LogP contribution is -2.58. The molecule has 0 fully saturated rings. The predicted octanol–water partition coefficient (Wildman–Crippen LogP) is -3.75. The Morgan fingerprint density at radius 2 is 1.20 bits per heavy atom. The van der Waals surface area contributed by atoms with E-state index in [4.69, 9.17) is 28.8 Å². The van der Waals surface area contributed by atoms with Crippen LogP contribution >= 0.6 is 0 Å². The Morgan fingerprint density at radius 1 is 1.00 bits per heavy atom. The standard InChI is InChI=1S/C4H6O6.ClHO4/c5-3(6)9-1-2-10-4(7)8;2-1(3,4)5/h1-2H2,(H,5,6)(H,7,8);(H,2,3,4,5). The summed E-state index contributed by atoms with van der Waals surface area (Å²) in [5, 5.41) is 15.7. The molecule has 0 unspecified atom stereocenters. The molecule has 0 aliphatic carbocycles. The third-order valence-corrected chi connectivity index (χ3v) is 0.534. The van der Waals surface area contributed by atoms with Gasteiger partial charge >= 0.3 is 12.3 Å². The van der Waals surface area contributed by atoms with E-state index in [0.717, 1.165) is 0 Å². The second-order valence-electron chi connectivity index (χ2n) is 1.62. The molecule has 0 aromatic rings. The van der Waals surface area contributed by atoms with Gasteiger partial charge in [-0.15, -0.1) is 0 Å². The van der Waals surface area contributed by atoms with Crippen molar-refractivity contribution in [2.24, 2.45) is 0 Å². The van der Waals surface area contributed by atoms with Gasteiger partial charge in [-0.2, -0.15) is 14.0 Å². The maximum Gasteiger partial charge on any atom is 0.505 e. The second kappa shape index (κ2) is 8.02. The van der Waals surface area contributed by atoms with Gasteiger partial charge in [-0.3, -0.25) is 0 Å². The first-order valence-electron chi connectivity index (χ1n) is 2.97. The van der Waals surface area contributed by atoms with E-state index in [-0.39, 0.29) is 13.2 Å². The van der Waals surface area contributed by atoms with Crippen LogP contribution in [0.25, 0.3) is 0 Å². The van der Waals surface area contributed by atoms with Crippen molar-refractivity contribution < 1.29 is 58.2 Å². The summed E-state index contributed by atoms with van der Waals surface area (Å²) >= 11 is 0. The highest BCUT2D eigenvalue weighted by atomic mass is 35.7. The van der Waals surface area contributed by atoms with Gasteiger partial charge in [0.15, 0.2) is 0 Å². The first-order chi connectivity index (χ1) is 6.63. The molecule has 0 aromatic heterocycles. The first kappa shape index (κ1) is 16.1. The van der Waals surface area contributed by atoms with Gasteiger partial charge in [0.05, 0.1) is 14.9 Å². The van der Waals surface area contributed by atoms with Crippen molar-refractivity contribution >= 4 is 12.3 Å². The van der Waals surface area contributed by atoms with E-state index in [1.54, 1.807) is 0 Å². The van der Waals surface area contributed by atoms with Gasteiger partial charge in [0.1, 0.15) is 13.2 Å². The van der Waals surface area contributed by atoms with Crippen LogP contribution in [0.15, 0.2) is 0 Å². The van der Waals surface area contributed by atoms with Crippen LogP contribution in [-0.4, -0.2) is 40.4 Å². The van der Waals surface area contributed by atoms with Crippen molar-refractivity contribution in [1.29, 1.82) is 0 Å². The zero-order valence-electron chi connectivity index (χ0n) is 6.99. The maximum absolute atomic E-state index is 9.62. The fourth-order valence-electron chi connectivity index (χ4n) is 0.258. The number of carbonyl (C=O) groups is 2. The van der Waals surface area contributed by atoms with Crippen molar-refractivity contribution in [3.8, 4) is 0 Å². The summed E-state index contributed by atoms with van der Waals surface area (Å²) in [7, 11) is -4.69. The van der Waals surface area contributed by atoms with Crippen LogP contribution in [0, 0.1) is 10.2 Å². The quantitative estimate of drug-likeness (QED) is 0.332. The van der Waals surface area contributed by atoms with E-state index < -0.39 is 22.6 Å². The van der Waals surface area contributed by atoms with Gasteiger partial charge in [0.25, 0.3) is 0 Å². The maximum atomic E-state index is 9.62. The Morgan fingerprint density at radius 3 is 1.33 bits per heavy atom. The molecule has 0 rings (SSSR count). The Balaban J connectivity index is 0. The zero-order chi connectivity index (χ0) is 12.5. The Hall–Kier alpha value is -1.33. The minimum atomic E-state index is -4.69. The number of ether oxygens (including phenoxy) is 2. The molecule has 3 N–H and O–H groups in total. The first-order valence-corrected chi connectivity index (χ1v) is 4.24. The van der Waals surface area contributed by atoms with E-state index in [2.05, 4.69) is 9.47 Å². The van der Waals surface area contributed by atoms with Gasteiger partial charge in [-0.25, -0.2) is 9.59 Å². The molecule has 11 heteroatoms. The Kier molecular flexibility index (Phi) is 8.61. The molecule has 0 amide bonds. The lowest BCUT2D eigenvalue weighted by atomic mass is 10.8. The molecule has 0 radical (unpaired) electrons. The lowest BCUT2D eigenvalue weighted by molar-refractivity contribution is -1.92. The molecule has 0 bridgehead atoms. The molecule has 0 saturated heterocycles. The van der Waals surface area contributed by atoms with Crippen molar-refractivity contribution in [3.63, 3.8) is 0 Å². The molecular weight excluding hydrogens is 243 g/mol. The van der Waals surface area contributed by atoms with Crippen LogP contribution in [0.5, 0.6) is 0 Å². The highest BCUT2D eigenvalue weighted by Crippen LogP contribution is 1.79. The van der Waals surface area contributed by atoms with Crippen molar-refractivity contribution in [2.45, 2.75) is 0 Å². The fourth-order valence-corrected chi connectivity index (χ4v) is 0.258. The molecular formula is C4H7ClO10. The molecule has 15 heavy (non-hydrogen) atoms. The summed E-state index contributed by atoms with van der Waals surface area (Å²) in [6.45, 7) is -0.552. The highest BCUT2D eigenvalue weighted by molar-refractivity contribution is 5.57. The number of rotatable bonds is 3. The molecule has 0 atom stereocenters. The molecule has 0 spiro atoms. The van der Waals surface area contributed by atoms with Crippen LogP contribution in [0.3, 0.4) is 0 Å². The van der Waals surface area contributed by atoms with Gasteiger partial charge < -0.3 is 19.7 Å².